The average Bonchev–Trinajstić information content (AvgIpc) is 2.70. The van der Waals surface area contributed by atoms with Gasteiger partial charge in [0.1, 0.15) is 0 Å². The molecular formula is C14H19N3O2. The molecule has 0 aliphatic rings. The molecule has 1 aromatic heterocycles. The first-order valence-electron chi connectivity index (χ1n) is 6.20. The highest BCUT2D eigenvalue weighted by atomic mass is 16.3. The van der Waals surface area contributed by atoms with Crippen LogP contribution in [0.2, 0.25) is 0 Å². The Hall–Kier alpha value is -1.88. The molecule has 3 N–H and O–H groups in total. The van der Waals surface area contributed by atoms with Crippen molar-refractivity contribution in [1.82, 2.24) is 15.5 Å². The van der Waals surface area contributed by atoms with Gasteiger partial charge in [-0.25, -0.2) is 0 Å². The molecule has 0 saturated heterocycles. The molecule has 0 aliphatic heterocycles. The molecule has 19 heavy (non-hydrogen) atoms. The van der Waals surface area contributed by atoms with Gasteiger partial charge in [-0.1, -0.05) is 18.2 Å². The molecule has 0 spiro atoms. The van der Waals surface area contributed by atoms with Gasteiger partial charge in [0.15, 0.2) is 5.69 Å². The van der Waals surface area contributed by atoms with Gasteiger partial charge in [-0.05, 0) is 33.8 Å². The lowest BCUT2D eigenvalue weighted by atomic mass is 9.86. The zero-order valence-corrected chi connectivity index (χ0v) is 11.6. The van der Waals surface area contributed by atoms with Crippen molar-refractivity contribution < 1.29 is 9.90 Å². The predicted molar refractivity (Wildman–Crippen MR) is 73.9 cm³/mol. The molecule has 0 radical (unpaired) electrons. The molecule has 0 aliphatic carbocycles. The summed E-state index contributed by atoms with van der Waals surface area (Å²) in [4.78, 5) is 12.3. The van der Waals surface area contributed by atoms with Crippen molar-refractivity contribution in [1.29, 1.82) is 0 Å². The number of nitrogens with one attached hydrogen (secondary N) is 2. The van der Waals surface area contributed by atoms with Gasteiger partial charge in [-0.2, -0.15) is 5.10 Å². The molecule has 0 bridgehead atoms. The average molecular weight is 261 g/mol. The van der Waals surface area contributed by atoms with Gasteiger partial charge in [-0.15, -0.1) is 0 Å². The fourth-order valence-electron chi connectivity index (χ4n) is 1.63. The van der Waals surface area contributed by atoms with Gasteiger partial charge in [0.2, 0.25) is 0 Å². The first-order valence-corrected chi connectivity index (χ1v) is 6.20. The van der Waals surface area contributed by atoms with E-state index in [-0.39, 0.29) is 5.91 Å². The Balaban J connectivity index is 2.31. The van der Waals surface area contributed by atoms with Gasteiger partial charge in [0.25, 0.3) is 5.91 Å². The summed E-state index contributed by atoms with van der Waals surface area (Å²) in [6.45, 7) is 6.88. The van der Waals surface area contributed by atoms with Crippen LogP contribution in [0, 0.1) is 0 Å². The Bertz CT molecular complexity index is 608. The normalized spacial score (nSPS) is 12.7. The minimum atomic E-state index is -1.03. The summed E-state index contributed by atoms with van der Waals surface area (Å²) < 4.78 is 0. The summed E-state index contributed by atoms with van der Waals surface area (Å²) in [5.74, 6) is -0.301. The summed E-state index contributed by atoms with van der Waals surface area (Å²) in [6, 6.07) is 7.43. The Morgan fingerprint density at radius 3 is 2.53 bits per heavy atom. The van der Waals surface area contributed by atoms with Crippen LogP contribution in [0.15, 0.2) is 24.3 Å². The quantitative estimate of drug-likeness (QED) is 0.789. The Morgan fingerprint density at radius 1 is 1.26 bits per heavy atom. The van der Waals surface area contributed by atoms with Crippen LogP contribution < -0.4 is 5.32 Å². The number of amides is 1. The molecule has 1 amide bonds. The number of rotatable bonds is 3. The second-order valence-electron chi connectivity index (χ2n) is 5.76. The SMILES string of the molecule is CC(C)(O)C(C)(C)NC(=O)c1n[nH]c2ccccc12. The van der Waals surface area contributed by atoms with E-state index < -0.39 is 11.1 Å². The third-order valence-electron chi connectivity index (χ3n) is 3.64. The molecule has 0 unspecified atom stereocenters. The van der Waals surface area contributed by atoms with E-state index >= 15 is 0 Å². The molecule has 2 rings (SSSR count). The Labute approximate surface area is 112 Å². The van der Waals surface area contributed by atoms with E-state index in [0.717, 1.165) is 10.9 Å². The van der Waals surface area contributed by atoms with Crippen molar-refractivity contribution in [3.8, 4) is 0 Å². The van der Waals surface area contributed by atoms with Gasteiger partial charge in [0.05, 0.1) is 16.7 Å². The summed E-state index contributed by atoms with van der Waals surface area (Å²) >= 11 is 0. The third kappa shape index (κ3) is 2.46. The fourth-order valence-corrected chi connectivity index (χ4v) is 1.63. The Morgan fingerprint density at radius 2 is 1.89 bits per heavy atom. The summed E-state index contributed by atoms with van der Waals surface area (Å²) in [5, 5.41) is 20.5. The lowest BCUT2D eigenvalue weighted by Crippen LogP contribution is -2.57. The zero-order chi connectivity index (χ0) is 14.3. The maximum atomic E-state index is 12.3. The van der Waals surface area contributed by atoms with E-state index in [4.69, 9.17) is 0 Å². The monoisotopic (exact) mass is 261 g/mol. The number of hydrogen-bond donors (Lipinski definition) is 3. The first-order chi connectivity index (χ1) is 8.72. The number of nitrogens with zero attached hydrogens (tertiary/aromatic N) is 1. The predicted octanol–water partition coefficient (Wildman–Crippen LogP) is 1.84. The molecule has 2 aromatic rings. The highest BCUT2D eigenvalue weighted by molar-refractivity contribution is 6.04. The number of H-pyrrole nitrogens is 1. The topological polar surface area (TPSA) is 78.0 Å². The zero-order valence-electron chi connectivity index (χ0n) is 11.6. The van der Waals surface area contributed by atoms with Crippen LogP contribution in [0.5, 0.6) is 0 Å². The molecule has 5 nitrogen and oxygen atoms in total. The number of carbonyl (C=O) groups excluding carboxylic acids is 1. The maximum absolute atomic E-state index is 12.3. The van der Waals surface area contributed by atoms with Crippen LogP contribution in [0.4, 0.5) is 0 Å². The van der Waals surface area contributed by atoms with E-state index in [1.807, 2.05) is 24.3 Å². The lowest BCUT2D eigenvalue weighted by molar-refractivity contribution is -0.00299. The standard InChI is InChI=1S/C14H19N3O2/c1-13(2,14(3,4)19)15-12(18)11-9-7-5-6-8-10(9)16-17-11/h5-8,19H,1-4H3,(H,15,18)(H,16,17). The molecule has 5 heteroatoms. The summed E-state index contributed by atoms with van der Waals surface area (Å²) in [6.07, 6.45) is 0. The number of benzene rings is 1. The minimum absolute atomic E-state index is 0.301. The van der Waals surface area contributed by atoms with Gasteiger partial charge in [-0.3, -0.25) is 9.89 Å². The summed E-state index contributed by atoms with van der Waals surface area (Å²) in [5.41, 5.74) is -0.638. The smallest absolute Gasteiger partial charge is 0.272 e. The molecule has 1 heterocycles. The number of para-hydroxylation sites is 1. The largest absolute Gasteiger partial charge is 0.388 e. The number of aliphatic hydroxyl groups is 1. The highest BCUT2D eigenvalue weighted by Gasteiger charge is 2.37. The number of hydrogen-bond acceptors (Lipinski definition) is 3. The van der Waals surface area contributed by atoms with E-state index in [1.165, 1.54) is 0 Å². The molecule has 1 aromatic carbocycles. The van der Waals surface area contributed by atoms with Crippen molar-refractivity contribution in [2.75, 3.05) is 0 Å². The minimum Gasteiger partial charge on any atom is -0.388 e. The highest BCUT2D eigenvalue weighted by Crippen LogP contribution is 2.22. The van der Waals surface area contributed by atoms with E-state index in [2.05, 4.69) is 15.5 Å². The van der Waals surface area contributed by atoms with Crippen molar-refractivity contribution >= 4 is 16.8 Å². The fraction of sp³-hybridized carbons (Fsp3) is 0.429. The number of carbonyl (C=O) groups is 1. The second-order valence-corrected chi connectivity index (χ2v) is 5.76. The Kier molecular flexibility index (Phi) is 3.10. The van der Waals surface area contributed by atoms with E-state index in [1.54, 1.807) is 27.7 Å². The molecule has 0 atom stereocenters. The van der Waals surface area contributed by atoms with Crippen LogP contribution in [-0.4, -0.2) is 32.4 Å². The first kappa shape index (κ1) is 13.5. The van der Waals surface area contributed by atoms with Crippen LogP contribution in [0.1, 0.15) is 38.2 Å². The second kappa shape index (κ2) is 4.35. The van der Waals surface area contributed by atoms with Crippen LogP contribution in [-0.2, 0) is 0 Å². The van der Waals surface area contributed by atoms with E-state index in [9.17, 15) is 9.90 Å². The van der Waals surface area contributed by atoms with Crippen LogP contribution in [0.25, 0.3) is 10.9 Å². The van der Waals surface area contributed by atoms with Crippen LogP contribution in [0.3, 0.4) is 0 Å². The maximum Gasteiger partial charge on any atom is 0.272 e. The molecule has 0 saturated carbocycles. The van der Waals surface area contributed by atoms with Gasteiger partial charge in [0, 0.05) is 5.39 Å². The third-order valence-corrected chi connectivity index (χ3v) is 3.64. The molecular weight excluding hydrogens is 242 g/mol. The van der Waals surface area contributed by atoms with Crippen molar-refractivity contribution in [3.63, 3.8) is 0 Å². The van der Waals surface area contributed by atoms with Gasteiger partial charge >= 0.3 is 0 Å². The molecule has 102 valence electrons. The number of aromatic nitrogens is 2. The van der Waals surface area contributed by atoms with Crippen molar-refractivity contribution in [2.24, 2.45) is 0 Å². The van der Waals surface area contributed by atoms with Crippen molar-refractivity contribution in [2.45, 2.75) is 38.8 Å². The number of aromatic amines is 1. The number of fused-ring (bicyclic) bond motifs is 1. The summed E-state index contributed by atoms with van der Waals surface area (Å²) in [7, 11) is 0. The van der Waals surface area contributed by atoms with Crippen LogP contribution >= 0.6 is 0 Å². The molecule has 0 fully saturated rings. The van der Waals surface area contributed by atoms with Crippen molar-refractivity contribution in [3.05, 3.63) is 30.0 Å². The van der Waals surface area contributed by atoms with E-state index in [0.29, 0.717) is 5.69 Å². The lowest BCUT2D eigenvalue weighted by Gasteiger charge is -2.37. The van der Waals surface area contributed by atoms with Gasteiger partial charge < -0.3 is 10.4 Å².